The number of aryl methyl sites for hydroxylation is 1. The summed E-state index contributed by atoms with van der Waals surface area (Å²) in [7, 11) is 0. The number of nitrogens with zero attached hydrogens (tertiary/aromatic N) is 2. The smallest absolute Gasteiger partial charge is 0.199 e. The van der Waals surface area contributed by atoms with Gasteiger partial charge in [0.2, 0.25) is 0 Å². The van der Waals surface area contributed by atoms with Gasteiger partial charge < -0.3 is 5.11 Å². The molecule has 0 radical (unpaired) electrons. The molecule has 0 amide bonds. The number of thiocarbonyl (C=S) groups is 1. The lowest BCUT2D eigenvalue weighted by Gasteiger charge is -2.26. The highest BCUT2D eigenvalue weighted by Crippen LogP contribution is 2.31. The summed E-state index contributed by atoms with van der Waals surface area (Å²) in [6, 6.07) is 22.7. The van der Waals surface area contributed by atoms with Crippen molar-refractivity contribution in [3.63, 3.8) is 0 Å². The molecule has 0 fully saturated rings. The zero-order valence-electron chi connectivity index (χ0n) is 15.3. The van der Waals surface area contributed by atoms with Crippen molar-refractivity contribution >= 4 is 28.2 Å². The highest BCUT2D eigenvalue weighted by atomic mass is 32.1. The first-order chi connectivity index (χ1) is 13.5. The Morgan fingerprint density at radius 1 is 1.07 bits per heavy atom. The molecule has 1 unspecified atom stereocenters. The second-order valence-corrected chi connectivity index (χ2v) is 7.32. The topological polar surface area (TPSA) is 38.1 Å². The molecule has 0 saturated carbocycles. The predicted octanol–water partition coefficient (Wildman–Crippen LogP) is 5.06. The molecule has 140 valence electrons. The predicted molar refractivity (Wildman–Crippen MR) is 114 cm³/mol. The minimum atomic E-state index is -1.87. The summed E-state index contributed by atoms with van der Waals surface area (Å²) in [5.74, 6) is 0. The summed E-state index contributed by atoms with van der Waals surface area (Å²) in [5.41, 5.74) is 2.22. The lowest BCUT2D eigenvalue weighted by atomic mass is 9.87. The number of para-hydroxylation sites is 1. The van der Waals surface area contributed by atoms with Crippen molar-refractivity contribution in [2.75, 3.05) is 0 Å². The number of aromatic nitrogens is 2. The van der Waals surface area contributed by atoms with E-state index in [9.17, 15) is 9.50 Å². The summed E-state index contributed by atoms with van der Waals surface area (Å²) in [6.45, 7) is 1.96. The lowest BCUT2D eigenvalue weighted by Crippen LogP contribution is -2.34. The minimum Gasteiger partial charge on any atom is -0.377 e. The Bertz CT molecular complexity index is 1160. The number of rotatable bonds is 5. The maximum atomic E-state index is 14.4. The Labute approximate surface area is 168 Å². The summed E-state index contributed by atoms with van der Waals surface area (Å²) in [5, 5.41) is 15.4. The lowest BCUT2D eigenvalue weighted by molar-refractivity contribution is 0.104. The van der Waals surface area contributed by atoms with Crippen molar-refractivity contribution in [2.24, 2.45) is 0 Å². The van der Waals surface area contributed by atoms with Crippen LogP contribution in [0.15, 0.2) is 79.0 Å². The third-order valence-electron chi connectivity index (χ3n) is 4.91. The monoisotopic (exact) mass is 390 g/mol. The number of aliphatic hydroxyl groups is 1. The van der Waals surface area contributed by atoms with Crippen LogP contribution < -0.4 is 0 Å². The third-order valence-corrected chi connectivity index (χ3v) is 5.25. The number of benzene rings is 3. The third kappa shape index (κ3) is 3.35. The van der Waals surface area contributed by atoms with Crippen molar-refractivity contribution in [1.29, 1.82) is 0 Å². The summed E-state index contributed by atoms with van der Waals surface area (Å²) >= 11 is 4.81. The first-order valence-corrected chi connectivity index (χ1v) is 9.40. The van der Waals surface area contributed by atoms with Crippen LogP contribution in [0.2, 0.25) is 0 Å². The highest BCUT2D eigenvalue weighted by molar-refractivity contribution is 7.80. The van der Waals surface area contributed by atoms with Crippen LogP contribution in [0.3, 0.4) is 0 Å². The maximum absolute atomic E-state index is 14.4. The highest BCUT2D eigenvalue weighted by Gasteiger charge is 2.35. The molecule has 28 heavy (non-hydrogen) atoms. The van der Waals surface area contributed by atoms with Gasteiger partial charge >= 0.3 is 0 Å². The number of halogens is 1. The van der Waals surface area contributed by atoms with Crippen molar-refractivity contribution in [3.8, 4) is 5.69 Å². The Kier molecular flexibility index (Phi) is 4.79. The van der Waals surface area contributed by atoms with Gasteiger partial charge in [0.1, 0.15) is 0 Å². The SMILES string of the molecule is Cc1cccc(CC(O)(C(F)=S)c2ccc3c(cnn3-c3ccccc3)c2)c1. The quantitative estimate of drug-likeness (QED) is 0.382. The molecule has 4 aromatic rings. The fourth-order valence-corrected chi connectivity index (χ4v) is 3.66. The van der Waals surface area contributed by atoms with E-state index in [4.69, 9.17) is 12.2 Å². The van der Waals surface area contributed by atoms with E-state index in [1.54, 1.807) is 18.3 Å². The van der Waals surface area contributed by atoms with Crippen LogP contribution in [-0.4, -0.2) is 20.0 Å². The van der Waals surface area contributed by atoms with E-state index in [1.807, 2.05) is 72.3 Å². The standard InChI is InChI=1S/C23H19FN2OS/c1-16-6-5-7-17(12-16)14-23(27,22(24)28)19-10-11-21-18(13-19)15-25-26(21)20-8-3-2-4-9-20/h2-13,15,27H,14H2,1H3. The van der Waals surface area contributed by atoms with Crippen LogP contribution in [0, 0.1) is 6.92 Å². The van der Waals surface area contributed by atoms with E-state index >= 15 is 0 Å². The van der Waals surface area contributed by atoms with Gasteiger partial charge in [-0.1, -0.05) is 54.1 Å². The molecule has 0 aliphatic rings. The summed E-state index contributed by atoms with van der Waals surface area (Å²) < 4.78 is 16.2. The number of fused-ring (bicyclic) bond motifs is 1. The molecule has 0 saturated heterocycles. The van der Waals surface area contributed by atoms with E-state index in [0.717, 1.165) is 27.7 Å². The van der Waals surface area contributed by atoms with Gasteiger partial charge in [0.25, 0.3) is 0 Å². The van der Waals surface area contributed by atoms with Crippen LogP contribution in [-0.2, 0) is 12.0 Å². The van der Waals surface area contributed by atoms with Crippen LogP contribution in [0.4, 0.5) is 4.39 Å². The molecule has 1 atom stereocenters. The minimum absolute atomic E-state index is 0.0718. The molecular formula is C23H19FN2OS. The van der Waals surface area contributed by atoms with E-state index in [1.165, 1.54) is 0 Å². The Balaban J connectivity index is 1.76. The molecular weight excluding hydrogens is 371 g/mol. The zero-order valence-corrected chi connectivity index (χ0v) is 16.2. The second-order valence-electron chi connectivity index (χ2n) is 6.97. The molecule has 1 N–H and O–H groups in total. The summed E-state index contributed by atoms with van der Waals surface area (Å²) in [6.07, 6.45) is 1.78. The van der Waals surface area contributed by atoms with Crippen molar-refractivity contribution in [2.45, 2.75) is 18.9 Å². The first kappa shape index (κ1) is 18.5. The van der Waals surface area contributed by atoms with Crippen molar-refractivity contribution < 1.29 is 9.50 Å². The Morgan fingerprint density at radius 3 is 2.57 bits per heavy atom. The van der Waals surface area contributed by atoms with E-state index in [0.29, 0.717) is 5.56 Å². The summed E-state index contributed by atoms with van der Waals surface area (Å²) in [4.78, 5) is 0. The van der Waals surface area contributed by atoms with Crippen molar-refractivity contribution in [1.82, 2.24) is 9.78 Å². The van der Waals surface area contributed by atoms with Gasteiger partial charge in [0.15, 0.2) is 10.7 Å². The first-order valence-electron chi connectivity index (χ1n) is 8.99. The molecule has 0 bridgehead atoms. The van der Waals surface area contributed by atoms with E-state index in [2.05, 4.69) is 5.10 Å². The molecule has 1 aromatic heterocycles. The maximum Gasteiger partial charge on any atom is 0.199 e. The second kappa shape index (κ2) is 7.26. The van der Waals surface area contributed by atoms with Crippen molar-refractivity contribution in [3.05, 3.63) is 95.7 Å². The molecule has 1 heterocycles. The Morgan fingerprint density at radius 2 is 1.86 bits per heavy atom. The zero-order chi connectivity index (χ0) is 19.7. The largest absolute Gasteiger partial charge is 0.377 e. The van der Waals surface area contributed by atoms with E-state index < -0.39 is 10.7 Å². The number of hydrogen-bond acceptors (Lipinski definition) is 3. The molecule has 0 spiro atoms. The Hall–Kier alpha value is -2.89. The molecule has 3 nitrogen and oxygen atoms in total. The van der Waals surface area contributed by atoms with Gasteiger partial charge in [-0.05, 0) is 54.5 Å². The molecule has 5 heteroatoms. The van der Waals surface area contributed by atoms with Gasteiger partial charge in [0, 0.05) is 11.8 Å². The average molecular weight is 390 g/mol. The average Bonchev–Trinajstić information content (AvgIpc) is 3.11. The normalized spacial score (nSPS) is 13.4. The van der Waals surface area contributed by atoms with Gasteiger partial charge in [-0.2, -0.15) is 9.49 Å². The number of hydrogen-bond donors (Lipinski definition) is 1. The van der Waals surface area contributed by atoms with Gasteiger partial charge in [0.05, 0.1) is 17.4 Å². The van der Waals surface area contributed by atoms with Gasteiger partial charge in [-0.25, -0.2) is 4.68 Å². The molecule has 0 aliphatic carbocycles. The fraction of sp³-hybridized carbons (Fsp3) is 0.130. The van der Waals surface area contributed by atoms with E-state index in [-0.39, 0.29) is 6.42 Å². The fourth-order valence-electron chi connectivity index (χ4n) is 3.47. The van der Waals surface area contributed by atoms with Crippen LogP contribution >= 0.6 is 12.2 Å². The van der Waals surface area contributed by atoms with Gasteiger partial charge in [-0.15, -0.1) is 0 Å². The van der Waals surface area contributed by atoms with Gasteiger partial charge in [-0.3, -0.25) is 0 Å². The molecule has 4 rings (SSSR count). The van der Waals surface area contributed by atoms with Crippen LogP contribution in [0.5, 0.6) is 0 Å². The molecule has 0 aliphatic heterocycles. The van der Waals surface area contributed by atoms with Crippen LogP contribution in [0.25, 0.3) is 16.6 Å². The molecule has 3 aromatic carbocycles. The van der Waals surface area contributed by atoms with Crippen LogP contribution in [0.1, 0.15) is 16.7 Å².